The topological polar surface area (TPSA) is 72.2 Å². The van der Waals surface area contributed by atoms with E-state index in [1.54, 1.807) is 9.90 Å². The lowest BCUT2D eigenvalue weighted by Gasteiger charge is -2.05. The van der Waals surface area contributed by atoms with Crippen molar-refractivity contribution in [1.29, 1.82) is 0 Å². The molecule has 0 spiro atoms. The molecule has 0 aliphatic carbocycles. The molecule has 21 heavy (non-hydrogen) atoms. The number of aromatic nitrogens is 4. The Morgan fingerprint density at radius 2 is 2.33 bits per heavy atom. The van der Waals surface area contributed by atoms with Crippen molar-refractivity contribution in [2.24, 2.45) is 0 Å². The van der Waals surface area contributed by atoms with E-state index in [1.807, 2.05) is 18.2 Å². The minimum atomic E-state index is -0.161. The SMILES string of the molecule is CCCc1nc(C(=O)NCc2cccc3ncnn23)cs1. The Morgan fingerprint density at radius 1 is 1.43 bits per heavy atom. The third-order valence-corrected chi connectivity index (χ3v) is 3.97. The van der Waals surface area contributed by atoms with Gasteiger partial charge in [-0.2, -0.15) is 5.10 Å². The summed E-state index contributed by atoms with van der Waals surface area (Å²) >= 11 is 1.53. The van der Waals surface area contributed by atoms with Crippen molar-refractivity contribution in [2.75, 3.05) is 0 Å². The first kappa shape index (κ1) is 13.7. The average molecular weight is 301 g/mol. The standard InChI is InChI=1S/C14H15N5OS/c1-2-4-13-18-11(8-21-13)14(20)15-7-10-5-3-6-12-16-9-17-19(10)12/h3,5-6,8-9H,2,4,7H2,1H3,(H,15,20). The Labute approximate surface area is 125 Å². The fourth-order valence-electron chi connectivity index (χ4n) is 2.04. The summed E-state index contributed by atoms with van der Waals surface area (Å²) in [4.78, 5) is 20.6. The van der Waals surface area contributed by atoms with E-state index in [0.717, 1.165) is 29.2 Å². The zero-order chi connectivity index (χ0) is 14.7. The normalized spacial score (nSPS) is 10.9. The van der Waals surface area contributed by atoms with Crippen molar-refractivity contribution in [1.82, 2.24) is 24.9 Å². The summed E-state index contributed by atoms with van der Waals surface area (Å²) in [6.07, 6.45) is 3.44. The first-order valence-electron chi connectivity index (χ1n) is 6.78. The maximum Gasteiger partial charge on any atom is 0.271 e. The lowest BCUT2D eigenvalue weighted by molar-refractivity contribution is 0.0945. The predicted molar refractivity (Wildman–Crippen MR) is 80.3 cm³/mol. The van der Waals surface area contributed by atoms with E-state index in [0.29, 0.717) is 12.2 Å². The van der Waals surface area contributed by atoms with Gasteiger partial charge in [-0.25, -0.2) is 14.5 Å². The molecule has 3 rings (SSSR count). The van der Waals surface area contributed by atoms with E-state index in [-0.39, 0.29) is 5.91 Å². The summed E-state index contributed by atoms with van der Waals surface area (Å²) in [5, 5.41) is 9.81. The number of nitrogens with zero attached hydrogens (tertiary/aromatic N) is 4. The number of amides is 1. The maximum absolute atomic E-state index is 12.1. The fourth-order valence-corrected chi connectivity index (χ4v) is 2.92. The van der Waals surface area contributed by atoms with Gasteiger partial charge < -0.3 is 5.32 Å². The van der Waals surface area contributed by atoms with E-state index < -0.39 is 0 Å². The van der Waals surface area contributed by atoms with E-state index in [2.05, 4.69) is 27.3 Å². The van der Waals surface area contributed by atoms with Crippen molar-refractivity contribution in [3.05, 3.63) is 46.3 Å². The molecule has 0 radical (unpaired) electrons. The Morgan fingerprint density at radius 3 is 3.19 bits per heavy atom. The fraction of sp³-hybridized carbons (Fsp3) is 0.286. The molecular formula is C14H15N5OS. The van der Waals surface area contributed by atoms with Crippen LogP contribution >= 0.6 is 11.3 Å². The molecule has 1 amide bonds. The number of fused-ring (bicyclic) bond motifs is 1. The summed E-state index contributed by atoms with van der Waals surface area (Å²) in [5.74, 6) is -0.161. The number of nitrogens with one attached hydrogen (secondary N) is 1. The summed E-state index contributed by atoms with van der Waals surface area (Å²) < 4.78 is 1.71. The number of carbonyl (C=O) groups is 1. The van der Waals surface area contributed by atoms with Gasteiger partial charge in [0.05, 0.1) is 17.2 Å². The molecule has 0 saturated carbocycles. The number of rotatable bonds is 5. The molecule has 0 atom stereocenters. The van der Waals surface area contributed by atoms with Crippen molar-refractivity contribution < 1.29 is 4.79 Å². The quantitative estimate of drug-likeness (QED) is 0.783. The van der Waals surface area contributed by atoms with Crippen molar-refractivity contribution in [3.63, 3.8) is 0 Å². The van der Waals surface area contributed by atoms with E-state index >= 15 is 0 Å². The molecule has 3 aromatic rings. The Kier molecular flexibility index (Phi) is 3.92. The van der Waals surface area contributed by atoms with Gasteiger partial charge in [0.1, 0.15) is 12.0 Å². The number of hydrogen-bond donors (Lipinski definition) is 1. The third kappa shape index (κ3) is 2.92. The Hall–Kier alpha value is -2.28. The molecule has 6 nitrogen and oxygen atoms in total. The minimum absolute atomic E-state index is 0.161. The van der Waals surface area contributed by atoms with Crippen LogP contribution in [0.3, 0.4) is 0 Å². The largest absolute Gasteiger partial charge is 0.345 e. The molecule has 0 unspecified atom stereocenters. The van der Waals surface area contributed by atoms with Crippen LogP contribution in [0.1, 0.15) is 34.5 Å². The lowest BCUT2D eigenvalue weighted by Crippen LogP contribution is -2.24. The molecular weight excluding hydrogens is 286 g/mol. The second-order valence-electron chi connectivity index (χ2n) is 4.61. The monoisotopic (exact) mass is 301 g/mol. The first-order valence-corrected chi connectivity index (χ1v) is 7.66. The molecule has 0 aliphatic rings. The van der Waals surface area contributed by atoms with Gasteiger partial charge in [0.15, 0.2) is 5.65 Å². The van der Waals surface area contributed by atoms with Crippen LogP contribution in [0.25, 0.3) is 5.65 Å². The number of hydrogen-bond acceptors (Lipinski definition) is 5. The van der Waals surface area contributed by atoms with E-state index in [1.165, 1.54) is 17.7 Å². The van der Waals surface area contributed by atoms with Crippen LogP contribution in [0.5, 0.6) is 0 Å². The summed E-state index contributed by atoms with van der Waals surface area (Å²) in [7, 11) is 0. The van der Waals surface area contributed by atoms with Crippen LogP contribution in [0, 0.1) is 0 Å². The lowest BCUT2D eigenvalue weighted by atomic mass is 10.3. The highest BCUT2D eigenvalue weighted by molar-refractivity contribution is 7.09. The van der Waals surface area contributed by atoms with Crippen molar-refractivity contribution >= 4 is 22.9 Å². The van der Waals surface area contributed by atoms with Crippen LogP contribution in [0.2, 0.25) is 0 Å². The Balaban J connectivity index is 1.69. The zero-order valence-corrected chi connectivity index (χ0v) is 12.4. The molecule has 0 saturated heterocycles. The number of thiazole rings is 1. The second-order valence-corrected chi connectivity index (χ2v) is 5.55. The number of carbonyl (C=O) groups excluding carboxylic acids is 1. The molecule has 7 heteroatoms. The molecule has 0 bridgehead atoms. The van der Waals surface area contributed by atoms with Gasteiger partial charge in [-0.1, -0.05) is 13.0 Å². The zero-order valence-electron chi connectivity index (χ0n) is 11.6. The highest BCUT2D eigenvalue weighted by Crippen LogP contribution is 2.12. The molecule has 0 fully saturated rings. The molecule has 1 N–H and O–H groups in total. The van der Waals surface area contributed by atoms with Gasteiger partial charge in [-0.05, 0) is 25.0 Å². The number of pyridine rings is 1. The second kappa shape index (κ2) is 6.01. The van der Waals surface area contributed by atoms with E-state index in [4.69, 9.17) is 0 Å². The molecule has 3 heterocycles. The Bertz CT molecular complexity index is 763. The highest BCUT2D eigenvalue weighted by Gasteiger charge is 2.11. The maximum atomic E-state index is 12.1. The summed E-state index contributed by atoms with van der Waals surface area (Å²) in [6, 6.07) is 5.68. The van der Waals surface area contributed by atoms with Gasteiger partial charge in [0.2, 0.25) is 0 Å². The first-order chi connectivity index (χ1) is 10.3. The highest BCUT2D eigenvalue weighted by atomic mass is 32.1. The van der Waals surface area contributed by atoms with Gasteiger partial charge in [-0.15, -0.1) is 11.3 Å². The van der Waals surface area contributed by atoms with Gasteiger partial charge in [0, 0.05) is 5.38 Å². The summed E-state index contributed by atoms with van der Waals surface area (Å²) in [6.45, 7) is 2.49. The molecule has 0 aromatic carbocycles. The van der Waals surface area contributed by atoms with Crippen LogP contribution in [0.4, 0.5) is 0 Å². The molecule has 0 aliphatic heterocycles. The van der Waals surface area contributed by atoms with Crippen LogP contribution in [-0.4, -0.2) is 25.5 Å². The number of aryl methyl sites for hydroxylation is 1. The third-order valence-electron chi connectivity index (χ3n) is 3.06. The van der Waals surface area contributed by atoms with E-state index in [9.17, 15) is 4.79 Å². The van der Waals surface area contributed by atoms with Crippen molar-refractivity contribution in [3.8, 4) is 0 Å². The van der Waals surface area contributed by atoms with Crippen LogP contribution in [0.15, 0.2) is 29.9 Å². The predicted octanol–water partition coefficient (Wildman–Crippen LogP) is 2.07. The van der Waals surface area contributed by atoms with Crippen LogP contribution < -0.4 is 5.32 Å². The van der Waals surface area contributed by atoms with Gasteiger partial charge in [-0.3, -0.25) is 4.79 Å². The minimum Gasteiger partial charge on any atom is -0.345 e. The molecule has 108 valence electrons. The van der Waals surface area contributed by atoms with Crippen molar-refractivity contribution in [2.45, 2.75) is 26.3 Å². The van der Waals surface area contributed by atoms with Crippen LogP contribution in [-0.2, 0) is 13.0 Å². The molecule has 3 aromatic heterocycles. The average Bonchev–Trinajstić information content (AvgIpc) is 3.13. The summed E-state index contributed by atoms with van der Waals surface area (Å²) in [5.41, 5.74) is 2.12. The van der Waals surface area contributed by atoms with Gasteiger partial charge in [0.25, 0.3) is 5.91 Å². The smallest absolute Gasteiger partial charge is 0.271 e. The van der Waals surface area contributed by atoms with Gasteiger partial charge >= 0.3 is 0 Å².